The predicted molar refractivity (Wildman–Crippen MR) is 147 cm³/mol. The van der Waals surface area contributed by atoms with Crippen LogP contribution in [0.2, 0.25) is 0 Å². The summed E-state index contributed by atoms with van der Waals surface area (Å²) in [6.45, 7) is 4.28. The number of para-hydroxylation sites is 1. The van der Waals surface area contributed by atoms with E-state index < -0.39 is 0 Å². The van der Waals surface area contributed by atoms with E-state index in [1.165, 1.54) is 5.56 Å². The maximum Gasteiger partial charge on any atom is 0.227 e. The summed E-state index contributed by atoms with van der Waals surface area (Å²) >= 11 is 0. The van der Waals surface area contributed by atoms with E-state index in [1.807, 2.05) is 35.2 Å². The van der Waals surface area contributed by atoms with Gasteiger partial charge >= 0.3 is 0 Å². The largest absolute Gasteiger partial charge is 0.492 e. The Balaban J connectivity index is 1.31. The third-order valence-electron chi connectivity index (χ3n) is 8.21. The SMILES string of the molecule is O=C(Cc1cccnc1)N1CCC2(CCCCc3ccccc3OCCN(Cc3ccccc3F)C2)CC1. The fourth-order valence-electron chi connectivity index (χ4n) is 6.01. The Morgan fingerprint density at radius 3 is 2.58 bits per heavy atom. The summed E-state index contributed by atoms with van der Waals surface area (Å²) < 4.78 is 20.9. The number of pyridine rings is 1. The molecule has 2 aromatic carbocycles. The molecule has 2 aliphatic heterocycles. The van der Waals surface area contributed by atoms with Crippen molar-refractivity contribution in [1.29, 1.82) is 0 Å². The molecule has 38 heavy (non-hydrogen) atoms. The third-order valence-corrected chi connectivity index (χ3v) is 8.21. The minimum atomic E-state index is -0.158. The molecule has 3 heterocycles. The van der Waals surface area contributed by atoms with E-state index in [9.17, 15) is 9.18 Å². The minimum absolute atomic E-state index is 0.106. The van der Waals surface area contributed by atoms with Crippen molar-refractivity contribution in [3.63, 3.8) is 0 Å². The molecule has 1 amide bonds. The number of rotatable bonds is 4. The van der Waals surface area contributed by atoms with Gasteiger partial charge in [-0.2, -0.15) is 0 Å². The molecule has 0 bridgehead atoms. The van der Waals surface area contributed by atoms with Crippen molar-refractivity contribution in [1.82, 2.24) is 14.8 Å². The number of benzene rings is 2. The number of hydrogen-bond donors (Lipinski definition) is 0. The van der Waals surface area contributed by atoms with Crippen LogP contribution in [-0.2, 0) is 24.2 Å². The van der Waals surface area contributed by atoms with Crippen LogP contribution in [0.5, 0.6) is 5.75 Å². The van der Waals surface area contributed by atoms with Gasteiger partial charge in [0.15, 0.2) is 0 Å². The highest BCUT2D eigenvalue weighted by Gasteiger charge is 2.37. The molecule has 2 aliphatic rings. The van der Waals surface area contributed by atoms with E-state index in [-0.39, 0.29) is 17.1 Å². The molecule has 0 unspecified atom stereocenters. The normalized spacial score (nSPS) is 18.6. The number of hydrogen-bond acceptors (Lipinski definition) is 4. The number of ether oxygens (including phenoxy) is 1. The molecule has 1 aromatic heterocycles. The molecule has 0 N–H and O–H groups in total. The average molecular weight is 516 g/mol. The summed E-state index contributed by atoms with van der Waals surface area (Å²) in [5.41, 5.74) is 3.05. The summed E-state index contributed by atoms with van der Waals surface area (Å²) in [4.78, 5) is 21.6. The van der Waals surface area contributed by atoms with E-state index >= 15 is 0 Å². The van der Waals surface area contributed by atoms with Gasteiger partial charge in [0.1, 0.15) is 18.2 Å². The smallest absolute Gasteiger partial charge is 0.227 e. The van der Waals surface area contributed by atoms with Crippen LogP contribution in [0.25, 0.3) is 0 Å². The number of fused-ring (bicyclic) bond motifs is 1. The predicted octanol–water partition coefficient (Wildman–Crippen LogP) is 5.68. The van der Waals surface area contributed by atoms with Crippen LogP contribution in [0.4, 0.5) is 4.39 Å². The molecule has 1 fully saturated rings. The average Bonchev–Trinajstić information content (AvgIpc) is 2.93. The van der Waals surface area contributed by atoms with Gasteiger partial charge in [0, 0.05) is 50.7 Å². The Kier molecular flexibility index (Phi) is 8.69. The fraction of sp³-hybridized carbons (Fsp3) is 0.438. The summed E-state index contributed by atoms with van der Waals surface area (Å²) in [6, 6.07) is 19.3. The van der Waals surface area contributed by atoms with Crippen molar-refractivity contribution < 1.29 is 13.9 Å². The van der Waals surface area contributed by atoms with Crippen LogP contribution in [0.15, 0.2) is 73.1 Å². The number of carbonyl (C=O) groups excluding carboxylic acids is 1. The highest BCUT2D eigenvalue weighted by Crippen LogP contribution is 2.39. The monoisotopic (exact) mass is 515 g/mol. The second-order valence-electron chi connectivity index (χ2n) is 10.9. The molecule has 200 valence electrons. The molecule has 5 nitrogen and oxygen atoms in total. The second kappa shape index (κ2) is 12.5. The number of likely N-dealkylation sites (tertiary alicyclic amines) is 1. The lowest BCUT2D eigenvalue weighted by Gasteiger charge is -2.45. The zero-order valence-corrected chi connectivity index (χ0v) is 22.2. The first-order chi connectivity index (χ1) is 18.6. The Hall–Kier alpha value is -3.25. The van der Waals surface area contributed by atoms with Gasteiger partial charge in [-0.15, -0.1) is 0 Å². The van der Waals surface area contributed by atoms with Crippen molar-refractivity contribution >= 4 is 5.91 Å². The number of aryl methyl sites for hydroxylation is 1. The molecule has 6 heteroatoms. The molecule has 3 aromatic rings. The Bertz CT molecular complexity index is 1190. The van der Waals surface area contributed by atoms with Crippen LogP contribution in [0.1, 0.15) is 48.8 Å². The van der Waals surface area contributed by atoms with Crippen LogP contribution >= 0.6 is 0 Å². The van der Waals surface area contributed by atoms with E-state index in [4.69, 9.17) is 4.74 Å². The first-order valence-corrected chi connectivity index (χ1v) is 13.9. The molecule has 0 aliphatic carbocycles. The highest BCUT2D eigenvalue weighted by atomic mass is 19.1. The summed E-state index contributed by atoms with van der Waals surface area (Å²) in [7, 11) is 0. The van der Waals surface area contributed by atoms with Gasteiger partial charge in [0.25, 0.3) is 0 Å². The lowest BCUT2D eigenvalue weighted by atomic mass is 9.73. The van der Waals surface area contributed by atoms with Crippen LogP contribution in [0, 0.1) is 11.2 Å². The molecule has 5 rings (SSSR count). The number of nitrogens with zero attached hydrogens (tertiary/aromatic N) is 3. The van der Waals surface area contributed by atoms with E-state index in [0.717, 1.165) is 81.6 Å². The van der Waals surface area contributed by atoms with Crippen molar-refractivity contribution in [3.8, 4) is 5.75 Å². The minimum Gasteiger partial charge on any atom is -0.492 e. The Morgan fingerprint density at radius 2 is 1.76 bits per heavy atom. The quantitative estimate of drug-likeness (QED) is 0.449. The Labute approximate surface area is 225 Å². The third kappa shape index (κ3) is 6.79. The molecule has 1 saturated heterocycles. The van der Waals surface area contributed by atoms with Crippen molar-refractivity contribution in [2.45, 2.75) is 51.5 Å². The number of amides is 1. The van der Waals surface area contributed by atoms with E-state index in [1.54, 1.807) is 24.5 Å². The standard InChI is InChI=1S/C32H38FN3O2/c33-29-12-3-1-11-28(29)24-35-20-21-38-30-13-4-2-9-27(30)10-5-6-14-32(25-35)15-18-36(19-16-32)31(37)22-26-8-7-17-34-23-26/h1-4,7-9,11-13,17,23H,5-6,10,14-16,18-22,24-25H2. The molecular formula is C32H38FN3O2. The van der Waals surface area contributed by atoms with Crippen LogP contribution < -0.4 is 4.74 Å². The van der Waals surface area contributed by atoms with E-state index in [2.05, 4.69) is 28.1 Å². The zero-order valence-electron chi connectivity index (χ0n) is 22.2. The van der Waals surface area contributed by atoms with Crippen LogP contribution in [0.3, 0.4) is 0 Å². The molecular weight excluding hydrogens is 477 g/mol. The molecule has 1 spiro atoms. The van der Waals surface area contributed by atoms with Crippen molar-refractivity contribution in [2.24, 2.45) is 5.41 Å². The summed E-state index contributed by atoms with van der Waals surface area (Å²) in [5.74, 6) is 0.984. The summed E-state index contributed by atoms with van der Waals surface area (Å²) in [5, 5.41) is 0. The molecule has 0 radical (unpaired) electrons. The topological polar surface area (TPSA) is 45.7 Å². The van der Waals surface area contributed by atoms with Gasteiger partial charge in [0.05, 0.1) is 6.42 Å². The van der Waals surface area contributed by atoms with Gasteiger partial charge in [-0.3, -0.25) is 14.7 Å². The second-order valence-corrected chi connectivity index (χ2v) is 10.9. The Morgan fingerprint density at radius 1 is 0.947 bits per heavy atom. The number of halogens is 1. The summed E-state index contributed by atoms with van der Waals surface area (Å²) in [6.07, 6.45) is 10.2. The molecule has 0 saturated carbocycles. The number of piperidine rings is 1. The molecule has 0 atom stereocenters. The van der Waals surface area contributed by atoms with Crippen LogP contribution in [-0.4, -0.2) is 53.5 Å². The van der Waals surface area contributed by atoms with Crippen molar-refractivity contribution in [3.05, 3.63) is 95.6 Å². The first-order valence-electron chi connectivity index (χ1n) is 13.9. The van der Waals surface area contributed by atoms with Gasteiger partial charge in [-0.25, -0.2) is 4.39 Å². The number of aromatic nitrogens is 1. The number of carbonyl (C=O) groups is 1. The van der Waals surface area contributed by atoms with Gasteiger partial charge in [-0.05, 0) is 66.8 Å². The van der Waals surface area contributed by atoms with E-state index in [0.29, 0.717) is 19.6 Å². The van der Waals surface area contributed by atoms with Crippen molar-refractivity contribution in [2.75, 3.05) is 32.8 Å². The van der Waals surface area contributed by atoms with Gasteiger partial charge in [0.2, 0.25) is 5.91 Å². The van der Waals surface area contributed by atoms with Gasteiger partial charge in [-0.1, -0.05) is 48.9 Å². The maximum absolute atomic E-state index is 14.6. The lowest BCUT2D eigenvalue weighted by molar-refractivity contribution is -0.133. The first kappa shape index (κ1) is 26.4. The fourth-order valence-corrected chi connectivity index (χ4v) is 6.01. The maximum atomic E-state index is 14.6. The zero-order chi connectivity index (χ0) is 26.2. The van der Waals surface area contributed by atoms with Gasteiger partial charge < -0.3 is 9.64 Å². The lowest BCUT2D eigenvalue weighted by Crippen LogP contribution is -2.49. The highest BCUT2D eigenvalue weighted by molar-refractivity contribution is 5.78.